The Morgan fingerprint density at radius 3 is 2.68 bits per heavy atom. The molecule has 0 saturated carbocycles. The van der Waals surface area contributed by atoms with Crippen molar-refractivity contribution in [3.8, 4) is 5.82 Å². The van der Waals surface area contributed by atoms with Crippen molar-refractivity contribution in [3.63, 3.8) is 0 Å². The highest BCUT2D eigenvalue weighted by atomic mass is 16.6. The lowest BCUT2D eigenvalue weighted by Gasteiger charge is -2.14. The van der Waals surface area contributed by atoms with E-state index in [1.165, 1.54) is 6.26 Å². The van der Waals surface area contributed by atoms with Gasteiger partial charge < -0.3 is 18.7 Å². The molecule has 2 aromatic rings. The molecule has 0 spiro atoms. The first-order valence-electron chi connectivity index (χ1n) is 7.75. The molecule has 0 amide bonds. The first kappa shape index (κ1) is 16.8. The molecule has 0 bridgehead atoms. The minimum absolute atomic E-state index is 0.0393. The number of hydrogen-bond donors (Lipinski definition) is 0. The van der Waals surface area contributed by atoms with Crippen molar-refractivity contribution in [1.29, 1.82) is 0 Å². The fraction of sp³-hybridized carbons (Fsp3) is 0.353. The molecular weight excluding hydrogens is 328 g/mol. The molecule has 0 atom stereocenters. The molecule has 1 aliphatic heterocycles. The van der Waals surface area contributed by atoms with Crippen LogP contribution in [0.4, 0.5) is 0 Å². The Morgan fingerprint density at radius 2 is 2.04 bits per heavy atom. The third-order valence-corrected chi connectivity index (χ3v) is 3.76. The lowest BCUT2D eigenvalue weighted by molar-refractivity contribution is -0.143. The first-order valence-corrected chi connectivity index (χ1v) is 7.75. The normalized spacial score (nSPS) is 13.6. The highest BCUT2D eigenvalue weighted by Gasteiger charge is 2.22. The molecule has 0 unspecified atom stereocenters. The lowest BCUT2D eigenvalue weighted by atomic mass is 10.1. The number of ether oxygens (including phenoxy) is 3. The lowest BCUT2D eigenvalue weighted by Crippen LogP contribution is -2.20. The van der Waals surface area contributed by atoms with Crippen LogP contribution in [0, 0.1) is 20.8 Å². The second-order valence-corrected chi connectivity index (χ2v) is 5.62. The van der Waals surface area contributed by atoms with Gasteiger partial charge in [-0.2, -0.15) is 0 Å². The van der Waals surface area contributed by atoms with Crippen molar-refractivity contribution in [2.45, 2.75) is 20.8 Å². The Hall–Kier alpha value is -3.03. The maximum absolute atomic E-state index is 12.4. The number of rotatable bonds is 5. The number of aryl methyl sites for hydroxylation is 2. The van der Waals surface area contributed by atoms with E-state index in [0.717, 1.165) is 5.69 Å². The molecule has 8 heteroatoms. The van der Waals surface area contributed by atoms with Crippen molar-refractivity contribution in [1.82, 2.24) is 9.72 Å². The van der Waals surface area contributed by atoms with Gasteiger partial charge in [-0.1, -0.05) is 5.16 Å². The summed E-state index contributed by atoms with van der Waals surface area (Å²) in [6, 6.07) is 3.51. The van der Waals surface area contributed by atoms with Crippen molar-refractivity contribution >= 4 is 11.8 Å². The van der Waals surface area contributed by atoms with Crippen LogP contribution in [0.1, 0.15) is 27.5 Å². The number of aromatic nitrogens is 2. The molecule has 0 aromatic carbocycles. The highest BCUT2D eigenvalue weighted by Crippen LogP contribution is 2.21. The van der Waals surface area contributed by atoms with Gasteiger partial charge in [-0.3, -0.25) is 9.36 Å². The van der Waals surface area contributed by atoms with E-state index in [1.54, 1.807) is 26.0 Å². The minimum Gasteiger partial charge on any atom is -0.493 e. The van der Waals surface area contributed by atoms with Gasteiger partial charge in [-0.15, -0.1) is 0 Å². The SMILES string of the molecule is Cc1cc(-n2c(C)cc(C(=O)COC(=O)C3=COCCO3)c2C)no1. The maximum Gasteiger partial charge on any atom is 0.377 e. The quantitative estimate of drug-likeness (QED) is 0.604. The Morgan fingerprint density at radius 1 is 1.24 bits per heavy atom. The van der Waals surface area contributed by atoms with E-state index in [4.69, 9.17) is 18.7 Å². The van der Waals surface area contributed by atoms with E-state index in [9.17, 15) is 9.59 Å². The molecule has 2 aromatic heterocycles. The summed E-state index contributed by atoms with van der Waals surface area (Å²) in [6.45, 7) is 5.71. The van der Waals surface area contributed by atoms with Crippen molar-refractivity contribution < 1.29 is 28.3 Å². The largest absolute Gasteiger partial charge is 0.493 e. The van der Waals surface area contributed by atoms with Crippen LogP contribution in [0.2, 0.25) is 0 Å². The molecule has 8 nitrogen and oxygen atoms in total. The predicted octanol–water partition coefficient (Wildman–Crippen LogP) is 2.00. The summed E-state index contributed by atoms with van der Waals surface area (Å²) in [5.74, 6) is 0.190. The summed E-state index contributed by atoms with van der Waals surface area (Å²) >= 11 is 0. The van der Waals surface area contributed by atoms with Gasteiger partial charge in [0.1, 0.15) is 25.2 Å². The molecule has 0 N–H and O–H groups in total. The molecule has 0 saturated heterocycles. The molecule has 3 heterocycles. The third-order valence-electron chi connectivity index (χ3n) is 3.76. The van der Waals surface area contributed by atoms with E-state index >= 15 is 0 Å². The van der Waals surface area contributed by atoms with E-state index in [2.05, 4.69) is 5.16 Å². The molecule has 0 radical (unpaired) electrons. The second kappa shape index (κ2) is 6.84. The van der Waals surface area contributed by atoms with Crippen molar-refractivity contribution in [3.05, 3.63) is 46.9 Å². The number of carbonyl (C=O) groups excluding carboxylic acids is 2. The average Bonchev–Trinajstić information content (AvgIpc) is 3.15. The number of esters is 1. The monoisotopic (exact) mass is 346 g/mol. The van der Waals surface area contributed by atoms with Crippen LogP contribution >= 0.6 is 0 Å². The van der Waals surface area contributed by atoms with Gasteiger partial charge in [-0.25, -0.2) is 4.79 Å². The third kappa shape index (κ3) is 3.42. The van der Waals surface area contributed by atoms with Crippen LogP contribution in [-0.2, 0) is 19.0 Å². The Kier molecular flexibility index (Phi) is 4.60. The standard InChI is InChI=1S/C17H18N2O6/c1-10-6-13(12(3)19(10)16-7-11(2)25-18-16)14(20)8-24-17(21)15-9-22-4-5-23-15/h6-7,9H,4-5,8H2,1-3H3. The van der Waals surface area contributed by atoms with Gasteiger partial charge in [0.25, 0.3) is 0 Å². The topological polar surface area (TPSA) is 92.8 Å². The molecule has 25 heavy (non-hydrogen) atoms. The van der Waals surface area contributed by atoms with Crippen LogP contribution in [0.25, 0.3) is 5.82 Å². The number of ketones is 1. The summed E-state index contributed by atoms with van der Waals surface area (Å²) in [5, 5.41) is 3.97. The zero-order valence-corrected chi connectivity index (χ0v) is 14.2. The van der Waals surface area contributed by atoms with Gasteiger partial charge in [0.05, 0.1) is 0 Å². The van der Waals surface area contributed by atoms with Crippen molar-refractivity contribution in [2.24, 2.45) is 0 Å². The highest BCUT2D eigenvalue weighted by molar-refractivity contribution is 6.00. The zero-order valence-electron chi connectivity index (χ0n) is 14.2. The van der Waals surface area contributed by atoms with E-state index in [0.29, 0.717) is 29.4 Å². The van der Waals surface area contributed by atoms with E-state index < -0.39 is 5.97 Å². The Bertz CT molecular complexity index is 845. The van der Waals surface area contributed by atoms with E-state index in [-0.39, 0.29) is 24.8 Å². The molecule has 0 aliphatic carbocycles. The molecule has 132 valence electrons. The summed E-state index contributed by atoms with van der Waals surface area (Å²) in [4.78, 5) is 24.3. The Balaban J connectivity index is 1.72. The van der Waals surface area contributed by atoms with Gasteiger partial charge in [0, 0.05) is 23.0 Å². The zero-order chi connectivity index (χ0) is 18.0. The van der Waals surface area contributed by atoms with E-state index in [1.807, 2.05) is 11.5 Å². The number of carbonyl (C=O) groups is 2. The fourth-order valence-electron chi connectivity index (χ4n) is 2.61. The average molecular weight is 346 g/mol. The summed E-state index contributed by atoms with van der Waals surface area (Å²) in [6.07, 6.45) is 1.19. The van der Waals surface area contributed by atoms with Gasteiger partial charge in [0.15, 0.2) is 12.4 Å². The summed E-state index contributed by atoms with van der Waals surface area (Å²) in [7, 11) is 0. The van der Waals surface area contributed by atoms with Crippen LogP contribution in [-0.4, -0.2) is 41.3 Å². The van der Waals surface area contributed by atoms with Crippen LogP contribution in [0.15, 0.2) is 28.7 Å². The van der Waals surface area contributed by atoms with Gasteiger partial charge in [-0.05, 0) is 26.8 Å². The van der Waals surface area contributed by atoms with Crippen LogP contribution in [0.3, 0.4) is 0 Å². The smallest absolute Gasteiger partial charge is 0.377 e. The van der Waals surface area contributed by atoms with Crippen LogP contribution in [0.5, 0.6) is 0 Å². The van der Waals surface area contributed by atoms with Crippen molar-refractivity contribution in [2.75, 3.05) is 19.8 Å². The van der Waals surface area contributed by atoms with Gasteiger partial charge >= 0.3 is 5.97 Å². The minimum atomic E-state index is -0.728. The van der Waals surface area contributed by atoms with Crippen LogP contribution < -0.4 is 0 Å². The summed E-state index contributed by atoms with van der Waals surface area (Å²) in [5.41, 5.74) is 1.98. The molecule has 1 aliphatic rings. The number of nitrogens with zero attached hydrogens (tertiary/aromatic N) is 2. The number of Topliss-reactive ketones (excluding diaryl/α,β-unsaturated/α-hetero) is 1. The molecular formula is C17H18N2O6. The first-order chi connectivity index (χ1) is 12.0. The maximum atomic E-state index is 12.4. The van der Waals surface area contributed by atoms with Gasteiger partial charge in [0.2, 0.25) is 11.5 Å². The Labute approximate surface area is 143 Å². The number of hydrogen-bond acceptors (Lipinski definition) is 7. The summed E-state index contributed by atoms with van der Waals surface area (Å²) < 4.78 is 22.0. The predicted molar refractivity (Wildman–Crippen MR) is 85.3 cm³/mol. The molecule has 3 rings (SSSR count). The molecule has 0 fully saturated rings. The fourth-order valence-corrected chi connectivity index (χ4v) is 2.61. The second-order valence-electron chi connectivity index (χ2n) is 5.62.